The van der Waals surface area contributed by atoms with Crippen molar-refractivity contribution in [2.75, 3.05) is 31.6 Å². The summed E-state index contributed by atoms with van der Waals surface area (Å²) in [6, 6.07) is 4.27. The van der Waals surface area contributed by atoms with E-state index in [9.17, 15) is 4.79 Å². The van der Waals surface area contributed by atoms with Gasteiger partial charge in [0, 0.05) is 25.7 Å². The van der Waals surface area contributed by atoms with Gasteiger partial charge in [-0.05, 0) is 38.3 Å². The van der Waals surface area contributed by atoms with E-state index in [1.807, 2.05) is 24.0 Å². The maximum Gasteiger partial charge on any atom is 0.228 e. The van der Waals surface area contributed by atoms with Gasteiger partial charge >= 0.3 is 0 Å². The van der Waals surface area contributed by atoms with Gasteiger partial charge in [-0.25, -0.2) is 0 Å². The van der Waals surface area contributed by atoms with Crippen molar-refractivity contribution in [2.24, 2.45) is 5.92 Å². The van der Waals surface area contributed by atoms with Crippen LogP contribution in [0.25, 0.3) is 0 Å². The molecule has 1 aromatic heterocycles. The van der Waals surface area contributed by atoms with Gasteiger partial charge in [-0.3, -0.25) is 4.79 Å². The van der Waals surface area contributed by atoms with E-state index < -0.39 is 0 Å². The third-order valence-electron chi connectivity index (χ3n) is 4.24. The number of hydrogen-bond acceptors (Lipinski definition) is 5. The predicted octanol–water partition coefficient (Wildman–Crippen LogP) is 1.22. The average Bonchev–Trinajstić information content (AvgIpc) is 3.04. The molecule has 1 aromatic rings. The van der Waals surface area contributed by atoms with E-state index in [1.165, 1.54) is 0 Å². The maximum atomic E-state index is 12.3. The number of amides is 1. The zero-order valence-corrected chi connectivity index (χ0v) is 12.4. The molecule has 6 heteroatoms. The Morgan fingerprint density at radius 2 is 2.10 bits per heavy atom. The number of nitrogens with one attached hydrogen (secondary N) is 1. The Kier molecular flexibility index (Phi) is 4.34. The number of carbonyl (C=O) groups is 1. The van der Waals surface area contributed by atoms with Gasteiger partial charge in [-0.1, -0.05) is 0 Å². The van der Waals surface area contributed by atoms with Crippen molar-refractivity contribution in [1.29, 1.82) is 0 Å². The number of nitrogens with zero attached hydrogens (tertiary/aromatic N) is 3. The van der Waals surface area contributed by atoms with E-state index in [0.717, 1.165) is 50.5 Å². The minimum Gasteiger partial charge on any atom is -0.381 e. The van der Waals surface area contributed by atoms with Crippen LogP contribution in [0.15, 0.2) is 12.1 Å². The van der Waals surface area contributed by atoms with Crippen molar-refractivity contribution in [3.63, 3.8) is 0 Å². The number of ether oxygens (including phenoxy) is 1. The predicted molar refractivity (Wildman–Crippen MR) is 78.9 cm³/mol. The molecule has 0 bridgehead atoms. The van der Waals surface area contributed by atoms with Crippen molar-refractivity contribution in [2.45, 2.75) is 32.2 Å². The number of likely N-dealkylation sites (tertiary alicyclic amines) is 1. The molecule has 114 valence electrons. The zero-order valence-electron chi connectivity index (χ0n) is 12.4. The van der Waals surface area contributed by atoms with Crippen molar-refractivity contribution in [3.8, 4) is 0 Å². The van der Waals surface area contributed by atoms with Gasteiger partial charge in [0.15, 0.2) is 0 Å². The van der Waals surface area contributed by atoms with Crippen LogP contribution in [-0.4, -0.2) is 53.3 Å². The number of aryl methyl sites for hydroxylation is 1. The summed E-state index contributed by atoms with van der Waals surface area (Å²) in [6.07, 6.45) is 2.78. The molecule has 3 rings (SSSR count). The van der Waals surface area contributed by atoms with E-state index >= 15 is 0 Å². The summed E-state index contributed by atoms with van der Waals surface area (Å²) in [6.45, 7) is 4.86. The fourth-order valence-electron chi connectivity index (χ4n) is 2.92. The van der Waals surface area contributed by atoms with Crippen molar-refractivity contribution in [3.05, 3.63) is 17.8 Å². The number of aromatic nitrogens is 2. The lowest BCUT2D eigenvalue weighted by Crippen LogP contribution is -2.45. The van der Waals surface area contributed by atoms with E-state index in [1.54, 1.807) is 0 Å². The van der Waals surface area contributed by atoms with Crippen LogP contribution in [0.4, 0.5) is 5.82 Å². The first-order valence-corrected chi connectivity index (χ1v) is 7.66. The van der Waals surface area contributed by atoms with Crippen LogP contribution in [0, 0.1) is 12.8 Å². The Hall–Kier alpha value is -1.69. The van der Waals surface area contributed by atoms with Gasteiger partial charge in [0.1, 0.15) is 5.82 Å². The molecule has 0 aliphatic carbocycles. The highest BCUT2D eigenvalue weighted by Gasteiger charge is 2.30. The summed E-state index contributed by atoms with van der Waals surface area (Å²) in [5.41, 5.74) is 0.916. The molecule has 21 heavy (non-hydrogen) atoms. The minimum absolute atomic E-state index is 0.0810. The van der Waals surface area contributed by atoms with E-state index in [-0.39, 0.29) is 11.8 Å². The Morgan fingerprint density at radius 3 is 2.71 bits per heavy atom. The molecule has 0 saturated carbocycles. The Balaban J connectivity index is 1.48. The van der Waals surface area contributed by atoms with Crippen LogP contribution in [0.2, 0.25) is 0 Å². The smallest absolute Gasteiger partial charge is 0.228 e. The maximum absolute atomic E-state index is 12.3. The summed E-state index contributed by atoms with van der Waals surface area (Å²) in [7, 11) is 0. The van der Waals surface area contributed by atoms with Gasteiger partial charge < -0.3 is 15.0 Å². The molecule has 2 saturated heterocycles. The molecule has 3 heterocycles. The number of anilines is 1. The number of rotatable bonds is 3. The number of carbonyl (C=O) groups excluding carboxylic acids is 1. The van der Waals surface area contributed by atoms with Gasteiger partial charge in [0.2, 0.25) is 5.91 Å². The molecule has 2 fully saturated rings. The molecule has 0 spiro atoms. The summed E-state index contributed by atoms with van der Waals surface area (Å²) in [4.78, 5) is 14.3. The third kappa shape index (κ3) is 3.50. The molecule has 6 nitrogen and oxygen atoms in total. The SMILES string of the molecule is Cc1ccc(NC2CCN(C(=O)[C@H]3CCOC3)CC2)nn1. The molecule has 0 radical (unpaired) electrons. The second kappa shape index (κ2) is 6.39. The lowest BCUT2D eigenvalue weighted by molar-refractivity contribution is -0.136. The standard InChI is InChI=1S/C15H22N4O2/c1-11-2-3-14(18-17-11)16-13-4-7-19(8-5-13)15(20)12-6-9-21-10-12/h2-3,12-13H,4-10H2,1H3,(H,16,18)/t12-/m0/s1. The molecule has 1 N–H and O–H groups in total. The van der Waals surface area contributed by atoms with Gasteiger partial charge in [-0.15, -0.1) is 5.10 Å². The van der Waals surface area contributed by atoms with Crippen LogP contribution in [0.1, 0.15) is 25.0 Å². The zero-order chi connectivity index (χ0) is 14.7. The minimum atomic E-state index is 0.0810. The topological polar surface area (TPSA) is 67.4 Å². The second-order valence-corrected chi connectivity index (χ2v) is 5.86. The largest absolute Gasteiger partial charge is 0.381 e. The van der Waals surface area contributed by atoms with Crippen molar-refractivity contribution < 1.29 is 9.53 Å². The summed E-state index contributed by atoms with van der Waals surface area (Å²) in [5.74, 6) is 1.16. The molecule has 0 aromatic carbocycles. The summed E-state index contributed by atoms with van der Waals surface area (Å²) >= 11 is 0. The van der Waals surface area contributed by atoms with Crippen LogP contribution in [0.3, 0.4) is 0 Å². The quantitative estimate of drug-likeness (QED) is 0.906. The van der Waals surface area contributed by atoms with E-state index in [4.69, 9.17) is 4.74 Å². The Morgan fingerprint density at radius 1 is 1.29 bits per heavy atom. The molecule has 1 atom stereocenters. The van der Waals surface area contributed by atoms with Gasteiger partial charge in [0.25, 0.3) is 0 Å². The number of piperidine rings is 1. The highest BCUT2D eigenvalue weighted by Crippen LogP contribution is 2.20. The molecule has 1 amide bonds. The molecule has 2 aliphatic heterocycles. The Labute approximate surface area is 124 Å². The summed E-state index contributed by atoms with van der Waals surface area (Å²) < 4.78 is 5.30. The lowest BCUT2D eigenvalue weighted by atomic mass is 10.0. The lowest BCUT2D eigenvalue weighted by Gasteiger charge is -2.33. The van der Waals surface area contributed by atoms with Crippen LogP contribution in [-0.2, 0) is 9.53 Å². The van der Waals surface area contributed by atoms with Crippen LogP contribution < -0.4 is 5.32 Å². The summed E-state index contributed by atoms with van der Waals surface area (Å²) in [5, 5.41) is 11.6. The first kappa shape index (κ1) is 14.3. The highest BCUT2D eigenvalue weighted by molar-refractivity contribution is 5.79. The van der Waals surface area contributed by atoms with Crippen molar-refractivity contribution in [1.82, 2.24) is 15.1 Å². The monoisotopic (exact) mass is 290 g/mol. The van der Waals surface area contributed by atoms with Crippen LogP contribution in [0.5, 0.6) is 0 Å². The Bertz CT molecular complexity index is 477. The first-order valence-electron chi connectivity index (χ1n) is 7.66. The van der Waals surface area contributed by atoms with Crippen LogP contribution >= 0.6 is 0 Å². The second-order valence-electron chi connectivity index (χ2n) is 5.86. The van der Waals surface area contributed by atoms with Gasteiger partial charge in [-0.2, -0.15) is 5.10 Å². The molecular weight excluding hydrogens is 268 g/mol. The highest BCUT2D eigenvalue weighted by atomic mass is 16.5. The fraction of sp³-hybridized carbons (Fsp3) is 0.667. The fourth-order valence-corrected chi connectivity index (χ4v) is 2.92. The molecular formula is C15H22N4O2. The van der Waals surface area contributed by atoms with Crippen molar-refractivity contribution >= 4 is 11.7 Å². The first-order chi connectivity index (χ1) is 10.2. The molecule has 0 unspecified atom stereocenters. The average molecular weight is 290 g/mol. The molecule has 2 aliphatic rings. The van der Waals surface area contributed by atoms with Gasteiger partial charge in [0.05, 0.1) is 18.2 Å². The third-order valence-corrected chi connectivity index (χ3v) is 4.24. The number of hydrogen-bond donors (Lipinski definition) is 1. The normalized spacial score (nSPS) is 23.3. The van der Waals surface area contributed by atoms with E-state index in [0.29, 0.717) is 12.6 Å². The van der Waals surface area contributed by atoms with E-state index in [2.05, 4.69) is 15.5 Å².